The van der Waals surface area contributed by atoms with Gasteiger partial charge < -0.3 is 10.1 Å². The normalized spacial score (nSPS) is 24.6. The van der Waals surface area contributed by atoms with Crippen molar-refractivity contribution in [1.29, 1.82) is 0 Å². The highest BCUT2D eigenvalue weighted by atomic mass is 35.5. The molecule has 1 N–H and O–H groups in total. The molecule has 1 heterocycles. The monoisotopic (exact) mass is 286 g/mol. The van der Waals surface area contributed by atoms with Crippen LogP contribution in [-0.4, -0.2) is 44.3 Å². The second-order valence-corrected chi connectivity index (χ2v) is 5.14. The van der Waals surface area contributed by atoms with Gasteiger partial charge in [-0.1, -0.05) is 24.6 Å². The first-order chi connectivity index (χ1) is 9.17. The average Bonchev–Trinajstić information content (AvgIpc) is 2.39. The molecule has 1 aliphatic rings. The molecule has 0 amide bonds. The van der Waals surface area contributed by atoms with E-state index in [9.17, 15) is 4.39 Å². The Morgan fingerprint density at radius 3 is 2.95 bits per heavy atom. The van der Waals surface area contributed by atoms with E-state index in [1.165, 1.54) is 6.07 Å². The van der Waals surface area contributed by atoms with Crippen molar-refractivity contribution in [3.8, 4) is 0 Å². The molecule has 0 bridgehead atoms. The quantitative estimate of drug-likeness (QED) is 0.920. The van der Waals surface area contributed by atoms with Gasteiger partial charge in [0.15, 0.2) is 0 Å². The fraction of sp³-hybridized carbons (Fsp3) is 0.571. The van der Waals surface area contributed by atoms with E-state index in [1.54, 1.807) is 12.1 Å². The van der Waals surface area contributed by atoms with Crippen LogP contribution in [0.2, 0.25) is 5.02 Å². The van der Waals surface area contributed by atoms with Crippen LogP contribution in [0.4, 0.5) is 4.39 Å². The Hall–Kier alpha value is -0.680. The van der Waals surface area contributed by atoms with Gasteiger partial charge in [0.05, 0.1) is 18.8 Å². The standard InChI is InChI=1S/C14H20ClFN2O/c1-3-18-6-7-19-13(9-17-2)14(18)11-5-4-10(15)8-12(11)16/h4-5,8,13-14,17H,3,6-7,9H2,1-2H3. The highest BCUT2D eigenvalue weighted by Gasteiger charge is 2.33. The molecular weight excluding hydrogens is 267 g/mol. The lowest BCUT2D eigenvalue weighted by molar-refractivity contribution is -0.0696. The van der Waals surface area contributed by atoms with Crippen molar-refractivity contribution in [2.75, 3.05) is 33.3 Å². The molecule has 1 fully saturated rings. The van der Waals surface area contributed by atoms with Crippen LogP contribution >= 0.6 is 11.6 Å². The van der Waals surface area contributed by atoms with Crippen LogP contribution in [0.15, 0.2) is 18.2 Å². The molecule has 0 radical (unpaired) electrons. The number of halogens is 2. The van der Waals surface area contributed by atoms with E-state index in [0.29, 0.717) is 23.7 Å². The number of benzene rings is 1. The fourth-order valence-corrected chi connectivity index (χ4v) is 2.81. The first-order valence-corrected chi connectivity index (χ1v) is 7.00. The molecule has 0 aliphatic carbocycles. The van der Waals surface area contributed by atoms with E-state index >= 15 is 0 Å². The van der Waals surface area contributed by atoms with Crippen LogP contribution in [0.1, 0.15) is 18.5 Å². The van der Waals surface area contributed by atoms with Crippen molar-refractivity contribution in [2.24, 2.45) is 0 Å². The van der Waals surface area contributed by atoms with Crippen molar-refractivity contribution in [1.82, 2.24) is 10.2 Å². The van der Waals surface area contributed by atoms with E-state index < -0.39 is 0 Å². The summed E-state index contributed by atoms with van der Waals surface area (Å²) in [6.45, 7) is 5.16. The van der Waals surface area contributed by atoms with Crippen molar-refractivity contribution < 1.29 is 9.13 Å². The fourth-order valence-electron chi connectivity index (χ4n) is 2.65. The molecule has 1 aliphatic heterocycles. The van der Waals surface area contributed by atoms with Gasteiger partial charge in [0.25, 0.3) is 0 Å². The summed E-state index contributed by atoms with van der Waals surface area (Å²) in [5.41, 5.74) is 0.659. The summed E-state index contributed by atoms with van der Waals surface area (Å²) >= 11 is 5.83. The van der Waals surface area contributed by atoms with E-state index in [2.05, 4.69) is 17.1 Å². The van der Waals surface area contributed by atoms with Gasteiger partial charge in [-0.25, -0.2) is 4.39 Å². The van der Waals surface area contributed by atoms with Crippen molar-refractivity contribution in [2.45, 2.75) is 19.1 Å². The molecule has 5 heteroatoms. The predicted octanol–water partition coefficient (Wildman–Crippen LogP) is 2.46. The van der Waals surface area contributed by atoms with Gasteiger partial charge in [-0.05, 0) is 25.7 Å². The number of ether oxygens (including phenoxy) is 1. The minimum absolute atomic E-state index is 0.0469. The SMILES string of the molecule is CCN1CCOC(CNC)C1c1ccc(Cl)cc1F. The highest BCUT2D eigenvalue weighted by Crippen LogP contribution is 2.31. The smallest absolute Gasteiger partial charge is 0.129 e. The number of nitrogens with zero attached hydrogens (tertiary/aromatic N) is 1. The summed E-state index contributed by atoms with van der Waals surface area (Å²) in [5.74, 6) is -0.262. The second kappa shape index (κ2) is 6.66. The zero-order valence-electron chi connectivity index (χ0n) is 11.3. The van der Waals surface area contributed by atoms with E-state index in [4.69, 9.17) is 16.3 Å². The molecule has 0 saturated carbocycles. The molecule has 1 saturated heterocycles. The second-order valence-electron chi connectivity index (χ2n) is 4.71. The Balaban J connectivity index is 2.33. The first kappa shape index (κ1) is 14.7. The lowest BCUT2D eigenvalue weighted by Crippen LogP contribution is -2.48. The van der Waals surface area contributed by atoms with Gasteiger partial charge in [0, 0.05) is 23.7 Å². The van der Waals surface area contributed by atoms with Gasteiger partial charge in [-0.15, -0.1) is 0 Å². The largest absolute Gasteiger partial charge is 0.374 e. The van der Waals surface area contributed by atoms with Crippen LogP contribution in [0, 0.1) is 5.82 Å². The molecule has 3 nitrogen and oxygen atoms in total. The van der Waals surface area contributed by atoms with Crippen LogP contribution in [0.3, 0.4) is 0 Å². The maximum absolute atomic E-state index is 14.2. The number of hydrogen-bond acceptors (Lipinski definition) is 3. The predicted molar refractivity (Wildman–Crippen MR) is 75.1 cm³/mol. The topological polar surface area (TPSA) is 24.5 Å². The summed E-state index contributed by atoms with van der Waals surface area (Å²) in [7, 11) is 1.88. The lowest BCUT2D eigenvalue weighted by Gasteiger charge is -2.41. The van der Waals surface area contributed by atoms with Crippen molar-refractivity contribution in [3.63, 3.8) is 0 Å². The average molecular weight is 287 g/mol. The first-order valence-electron chi connectivity index (χ1n) is 6.62. The maximum atomic E-state index is 14.2. The third-order valence-corrected chi connectivity index (χ3v) is 3.78. The highest BCUT2D eigenvalue weighted by molar-refractivity contribution is 6.30. The van der Waals surface area contributed by atoms with E-state index in [0.717, 1.165) is 13.1 Å². The Morgan fingerprint density at radius 1 is 1.53 bits per heavy atom. The Morgan fingerprint density at radius 2 is 2.32 bits per heavy atom. The molecule has 2 rings (SSSR count). The van der Waals surface area contributed by atoms with Gasteiger partial charge in [-0.3, -0.25) is 4.90 Å². The molecule has 106 valence electrons. The number of likely N-dealkylation sites (N-methyl/N-ethyl adjacent to an activating group) is 2. The Labute approximate surface area is 118 Å². The zero-order valence-corrected chi connectivity index (χ0v) is 12.1. The minimum Gasteiger partial charge on any atom is -0.374 e. The number of nitrogens with one attached hydrogen (secondary N) is 1. The van der Waals surface area contributed by atoms with Gasteiger partial charge in [-0.2, -0.15) is 0 Å². The van der Waals surface area contributed by atoms with Gasteiger partial charge >= 0.3 is 0 Å². The molecule has 1 aromatic carbocycles. The third-order valence-electron chi connectivity index (χ3n) is 3.55. The van der Waals surface area contributed by atoms with Crippen molar-refractivity contribution in [3.05, 3.63) is 34.6 Å². The number of morpholine rings is 1. The van der Waals surface area contributed by atoms with E-state index in [-0.39, 0.29) is 18.0 Å². The maximum Gasteiger partial charge on any atom is 0.129 e. The van der Waals surface area contributed by atoms with Crippen molar-refractivity contribution >= 4 is 11.6 Å². The Bertz CT molecular complexity index is 428. The summed E-state index contributed by atoms with van der Waals surface area (Å²) in [5, 5.41) is 3.53. The Kier molecular flexibility index (Phi) is 5.16. The molecule has 19 heavy (non-hydrogen) atoms. The van der Waals surface area contributed by atoms with Crippen LogP contribution in [-0.2, 0) is 4.74 Å². The van der Waals surface area contributed by atoms with Gasteiger partial charge in [0.1, 0.15) is 5.82 Å². The molecule has 0 spiro atoms. The zero-order chi connectivity index (χ0) is 13.8. The molecule has 2 atom stereocenters. The lowest BCUT2D eigenvalue weighted by atomic mass is 9.97. The minimum atomic E-state index is -0.262. The molecule has 2 unspecified atom stereocenters. The van der Waals surface area contributed by atoms with Gasteiger partial charge in [0.2, 0.25) is 0 Å². The van der Waals surface area contributed by atoms with E-state index in [1.807, 2.05) is 7.05 Å². The van der Waals surface area contributed by atoms with Crippen LogP contribution in [0.5, 0.6) is 0 Å². The molecule has 1 aromatic rings. The summed E-state index contributed by atoms with van der Waals surface area (Å²) in [6.07, 6.45) is -0.0469. The number of hydrogen-bond donors (Lipinski definition) is 1. The summed E-state index contributed by atoms with van der Waals surface area (Å²) < 4.78 is 20.0. The molecule has 0 aromatic heterocycles. The third kappa shape index (κ3) is 3.26. The van der Waals surface area contributed by atoms with Crippen LogP contribution in [0.25, 0.3) is 0 Å². The molecular formula is C14H20ClFN2O. The van der Waals surface area contributed by atoms with Crippen LogP contribution < -0.4 is 5.32 Å². The number of rotatable bonds is 4. The summed E-state index contributed by atoms with van der Waals surface area (Å²) in [4.78, 5) is 2.25. The summed E-state index contributed by atoms with van der Waals surface area (Å²) in [6, 6.07) is 4.81.